The molecule has 21 heavy (non-hydrogen) atoms. The zero-order valence-corrected chi connectivity index (χ0v) is 12.8. The molecule has 0 aromatic heterocycles. The number of carbonyl (C=O) groups excluding carboxylic acids is 1. The first-order chi connectivity index (χ1) is 9.95. The number of esters is 1. The van der Waals surface area contributed by atoms with E-state index in [1.807, 2.05) is 0 Å². The molecule has 7 nitrogen and oxygen atoms in total. The number of sulfonamides is 1. The highest BCUT2D eigenvalue weighted by Gasteiger charge is 2.28. The van der Waals surface area contributed by atoms with Gasteiger partial charge in [0.05, 0.1) is 18.4 Å². The number of rotatable bonds is 4. The largest absolute Gasteiger partial charge is 0.465 e. The summed E-state index contributed by atoms with van der Waals surface area (Å²) in [4.78, 5) is 11.8. The second-order valence-electron chi connectivity index (χ2n) is 4.78. The van der Waals surface area contributed by atoms with Gasteiger partial charge in [0.2, 0.25) is 10.0 Å². The second kappa shape index (κ2) is 6.42. The third-order valence-corrected chi connectivity index (χ3v) is 4.87. The van der Waals surface area contributed by atoms with Crippen LogP contribution in [0.15, 0.2) is 18.2 Å². The minimum atomic E-state index is -3.65. The smallest absolute Gasteiger partial charge is 0.340 e. The van der Waals surface area contributed by atoms with E-state index in [0.717, 1.165) is 6.54 Å². The Balaban J connectivity index is 2.32. The van der Waals surface area contributed by atoms with Crippen molar-refractivity contribution in [3.05, 3.63) is 29.3 Å². The molecule has 0 aliphatic carbocycles. The number of para-hydroxylation sites is 1. The number of piperazine rings is 1. The first-order valence-corrected chi connectivity index (χ1v) is 8.14. The van der Waals surface area contributed by atoms with Gasteiger partial charge in [-0.05, 0) is 18.6 Å². The Kier molecular flexibility index (Phi) is 4.81. The zero-order chi connectivity index (χ0) is 15.5. The number of ether oxygens (including phenoxy) is 1. The molecule has 1 aromatic rings. The maximum Gasteiger partial charge on any atom is 0.340 e. The van der Waals surface area contributed by atoms with Crippen LogP contribution in [-0.2, 0) is 14.8 Å². The highest BCUT2D eigenvalue weighted by molar-refractivity contribution is 7.93. The van der Waals surface area contributed by atoms with Crippen molar-refractivity contribution in [3.8, 4) is 0 Å². The number of carbonyl (C=O) groups is 1. The second-order valence-corrected chi connectivity index (χ2v) is 6.65. The van der Waals surface area contributed by atoms with Gasteiger partial charge < -0.3 is 10.1 Å². The highest BCUT2D eigenvalue weighted by Crippen LogP contribution is 2.23. The van der Waals surface area contributed by atoms with Crippen molar-refractivity contribution < 1.29 is 17.9 Å². The molecule has 0 bridgehead atoms. The number of methoxy groups -OCH3 is 1. The lowest BCUT2D eigenvalue weighted by Gasteiger charge is -2.25. The highest BCUT2D eigenvalue weighted by atomic mass is 32.2. The fourth-order valence-electron chi connectivity index (χ4n) is 2.14. The average Bonchev–Trinajstić information content (AvgIpc) is 2.49. The molecule has 1 saturated heterocycles. The normalized spacial score (nSPS) is 19.0. The fraction of sp³-hybridized carbons (Fsp3) is 0.462. The summed E-state index contributed by atoms with van der Waals surface area (Å²) in [5, 5.41) is 5.21. The van der Waals surface area contributed by atoms with E-state index in [2.05, 4.69) is 15.4 Å². The SMILES string of the molecule is COC(=O)c1cccc(C)c1NS(=O)(=O)C1CNCCN1. The van der Waals surface area contributed by atoms with Crippen LogP contribution < -0.4 is 15.4 Å². The molecular weight excluding hydrogens is 294 g/mol. The van der Waals surface area contributed by atoms with Crippen LogP contribution in [0.25, 0.3) is 0 Å². The van der Waals surface area contributed by atoms with Gasteiger partial charge in [0.25, 0.3) is 0 Å². The van der Waals surface area contributed by atoms with E-state index in [1.165, 1.54) is 13.2 Å². The Hall–Kier alpha value is -1.64. The third-order valence-electron chi connectivity index (χ3n) is 3.30. The average molecular weight is 313 g/mol. The molecule has 1 fully saturated rings. The van der Waals surface area contributed by atoms with E-state index in [4.69, 9.17) is 4.74 Å². The van der Waals surface area contributed by atoms with Crippen LogP contribution in [0.4, 0.5) is 5.69 Å². The van der Waals surface area contributed by atoms with E-state index < -0.39 is 21.4 Å². The summed E-state index contributed by atoms with van der Waals surface area (Å²) in [6.07, 6.45) is 0. The first-order valence-electron chi connectivity index (χ1n) is 6.59. The van der Waals surface area contributed by atoms with Gasteiger partial charge in [-0.1, -0.05) is 12.1 Å². The fourth-order valence-corrected chi connectivity index (χ4v) is 3.52. The van der Waals surface area contributed by atoms with Crippen LogP contribution in [0.2, 0.25) is 0 Å². The van der Waals surface area contributed by atoms with Gasteiger partial charge in [-0.25, -0.2) is 13.2 Å². The predicted molar refractivity (Wildman–Crippen MR) is 79.7 cm³/mol. The Morgan fingerprint density at radius 3 is 2.76 bits per heavy atom. The van der Waals surface area contributed by atoms with Crippen molar-refractivity contribution in [3.63, 3.8) is 0 Å². The van der Waals surface area contributed by atoms with Gasteiger partial charge in [0, 0.05) is 19.6 Å². The van der Waals surface area contributed by atoms with Crippen LogP contribution in [0.1, 0.15) is 15.9 Å². The van der Waals surface area contributed by atoms with Crippen molar-refractivity contribution in [2.45, 2.75) is 12.3 Å². The summed E-state index contributed by atoms with van der Waals surface area (Å²) in [6, 6.07) is 4.94. The standard InChI is InChI=1S/C13H19N3O4S/c1-9-4-3-5-10(13(17)20-2)12(9)16-21(18,19)11-8-14-6-7-15-11/h3-5,11,14-16H,6-8H2,1-2H3. The molecule has 0 saturated carbocycles. The van der Waals surface area contributed by atoms with Crippen molar-refractivity contribution in [2.75, 3.05) is 31.5 Å². The summed E-state index contributed by atoms with van der Waals surface area (Å²) in [5.74, 6) is -0.578. The summed E-state index contributed by atoms with van der Waals surface area (Å²) in [6.45, 7) is 3.35. The number of benzene rings is 1. The first kappa shape index (κ1) is 15.7. The number of hydrogen-bond donors (Lipinski definition) is 3. The van der Waals surface area contributed by atoms with Crippen molar-refractivity contribution in [1.82, 2.24) is 10.6 Å². The lowest BCUT2D eigenvalue weighted by atomic mass is 10.1. The Morgan fingerprint density at radius 2 is 2.14 bits per heavy atom. The van der Waals surface area contributed by atoms with Gasteiger partial charge in [-0.3, -0.25) is 10.0 Å². The van der Waals surface area contributed by atoms with E-state index in [9.17, 15) is 13.2 Å². The Bertz CT molecular complexity index is 624. The van der Waals surface area contributed by atoms with Crippen LogP contribution in [0.5, 0.6) is 0 Å². The molecule has 1 aliphatic rings. The maximum absolute atomic E-state index is 12.4. The van der Waals surface area contributed by atoms with Crippen LogP contribution >= 0.6 is 0 Å². The summed E-state index contributed by atoms with van der Waals surface area (Å²) in [7, 11) is -2.40. The van der Waals surface area contributed by atoms with Gasteiger partial charge in [0.1, 0.15) is 5.37 Å². The molecule has 0 spiro atoms. The third kappa shape index (κ3) is 3.52. The summed E-state index contributed by atoms with van der Waals surface area (Å²) >= 11 is 0. The molecule has 0 amide bonds. The number of nitrogens with one attached hydrogen (secondary N) is 3. The van der Waals surface area contributed by atoms with Crippen molar-refractivity contribution >= 4 is 21.7 Å². The molecule has 1 aromatic carbocycles. The van der Waals surface area contributed by atoms with Gasteiger partial charge in [-0.15, -0.1) is 0 Å². The topological polar surface area (TPSA) is 96.5 Å². The summed E-state index contributed by atoms with van der Waals surface area (Å²) < 4.78 is 32.0. The number of aryl methyl sites for hydroxylation is 1. The molecule has 3 N–H and O–H groups in total. The van der Waals surface area contributed by atoms with Crippen LogP contribution in [0, 0.1) is 6.92 Å². The van der Waals surface area contributed by atoms with Gasteiger partial charge in [0.15, 0.2) is 0 Å². The molecule has 2 rings (SSSR count). The number of hydrogen-bond acceptors (Lipinski definition) is 6. The molecule has 1 aliphatic heterocycles. The maximum atomic E-state index is 12.4. The Morgan fingerprint density at radius 1 is 1.38 bits per heavy atom. The zero-order valence-electron chi connectivity index (χ0n) is 12.0. The van der Waals surface area contributed by atoms with Gasteiger partial charge >= 0.3 is 5.97 Å². The van der Waals surface area contributed by atoms with Crippen molar-refractivity contribution in [1.29, 1.82) is 0 Å². The van der Waals surface area contributed by atoms with E-state index in [0.29, 0.717) is 18.7 Å². The minimum Gasteiger partial charge on any atom is -0.465 e. The Labute approximate surface area is 124 Å². The molecule has 1 heterocycles. The molecule has 0 radical (unpaired) electrons. The lowest BCUT2D eigenvalue weighted by molar-refractivity contribution is 0.0602. The summed E-state index contributed by atoms with van der Waals surface area (Å²) in [5.41, 5.74) is 1.12. The predicted octanol–water partition coefficient (Wildman–Crippen LogP) is 0.0422. The van der Waals surface area contributed by atoms with Crippen molar-refractivity contribution in [2.24, 2.45) is 0 Å². The minimum absolute atomic E-state index is 0.199. The van der Waals surface area contributed by atoms with E-state index in [-0.39, 0.29) is 11.3 Å². The lowest BCUT2D eigenvalue weighted by Crippen LogP contribution is -2.53. The van der Waals surface area contributed by atoms with Crippen LogP contribution in [0.3, 0.4) is 0 Å². The molecule has 1 unspecified atom stereocenters. The molecule has 1 atom stereocenters. The van der Waals surface area contributed by atoms with E-state index >= 15 is 0 Å². The van der Waals surface area contributed by atoms with Crippen LogP contribution in [-0.4, -0.2) is 46.5 Å². The number of anilines is 1. The molecular formula is C13H19N3O4S. The quantitative estimate of drug-likeness (QED) is 0.679. The molecule has 8 heteroatoms. The van der Waals surface area contributed by atoms with E-state index in [1.54, 1.807) is 19.1 Å². The monoisotopic (exact) mass is 313 g/mol. The van der Waals surface area contributed by atoms with Gasteiger partial charge in [-0.2, -0.15) is 0 Å². The molecule has 116 valence electrons.